The third-order valence-corrected chi connectivity index (χ3v) is 4.92. The Hall–Kier alpha value is -3.40. The molecule has 0 saturated heterocycles. The molecular formula is C26H28N2O2. The van der Waals surface area contributed by atoms with Gasteiger partial charge >= 0.3 is 0 Å². The topological polar surface area (TPSA) is 40.6 Å². The fraction of sp³-hybridized carbons (Fsp3) is 0.231. The third kappa shape index (κ3) is 4.60. The average Bonchev–Trinajstić information content (AvgIpc) is 2.75. The van der Waals surface area contributed by atoms with Crippen molar-refractivity contribution in [3.8, 4) is 0 Å². The molecule has 0 aliphatic carbocycles. The normalized spacial score (nSPS) is 10.9. The molecule has 0 aromatic heterocycles. The number of hydrogen-bond donors (Lipinski definition) is 0. The number of amides is 2. The van der Waals surface area contributed by atoms with Crippen molar-refractivity contribution in [3.05, 3.63) is 96.1 Å². The maximum absolute atomic E-state index is 13.2. The Balaban J connectivity index is 1.86. The summed E-state index contributed by atoms with van der Waals surface area (Å²) in [4.78, 5) is 29.9. The van der Waals surface area contributed by atoms with E-state index in [1.807, 2.05) is 88.4 Å². The van der Waals surface area contributed by atoms with Crippen LogP contribution in [-0.4, -0.2) is 23.9 Å². The van der Waals surface area contributed by atoms with Gasteiger partial charge in [-0.25, -0.2) is 0 Å². The van der Waals surface area contributed by atoms with E-state index in [1.54, 1.807) is 34.1 Å². The van der Waals surface area contributed by atoms with Gasteiger partial charge in [0.2, 0.25) is 0 Å². The number of carbonyl (C=O) groups is 2. The summed E-state index contributed by atoms with van der Waals surface area (Å²) < 4.78 is 0. The van der Waals surface area contributed by atoms with Gasteiger partial charge in [-0.3, -0.25) is 9.59 Å². The molecule has 0 atom stereocenters. The van der Waals surface area contributed by atoms with Gasteiger partial charge < -0.3 is 9.80 Å². The molecule has 2 amide bonds. The van der Waals surface area contributed by atoms with Gasteiger partial charge in [0.1, 0.15) is 0 Å². The van der Waals surface area contributed by atoms with E-state index in [1.165, 1.54) is 0 Å². The monoisotopic (exact) mass is 400 g/mol. The van der Waals surface area contributed by atoms with E-state index >= 15 is 0 Å². The zero-order chi connectivity index (χ0) is 21.7. The number of carbonyl (C=O) groups excluding carboxylic acids is 2. The molecule has 0 bridgehead atoms. The summed E-state index contributed by atoms with van der Waals surface area (Å²) in [6.07, 6.45) is 0. The second-order valence-electron chi connectivity index (χ2n) is 7.79. The maximum atomic E-state index is 13.2. The summed E-state index contributed by atoms with van der Waals surface area (Å²) >= 11 is 0. The van der Waals surface area contributed by atoms with E-state index in [2.05, 4.69) is 0 Å². The first kappa shape index (κ1) is 21.3. The smallest absolute Gasteiger partial charge is 0.258 e. The van der Waals surface area contributed by atoms with Crippen LogP contribution < -0.4 is 9.80 Å². The molecule has 4 heteroatoms. The molecule has 0 saturated carbocycles. The molecule has 30 heavy (non-hydrogen) atoms. The summed E-state index contributed by atoms with van der Waals surface area (Å²) in [6, 6.07) is 26.2. The zero-order valence-electron chi connectivity index (χ0n) is 17.9. The van der Waals surface area contributed by atoms with Crippen molar-refractivity contribution in [2.24, 2.45) is 0 Å². The van der Waals surface area contributed by atoms with E-state index in [-0.39, 0.29) is 23.9 Å². The molecule has 0 heterocycles. The van der Waals surface area contributed by atoms with Crippen LogP contribution in [0, 0.1) is 0 Å². The SMILES string of the molecule is CC(C)N(C(=O)c1ccc(C(=O)N(c2ccccc2)C(C)C)cc1)c1ccccc1. The number of anilines is 2. The summed E-state index contributed by atoms with van der Waals surface area (Å²) in [6.45, 7) is 7.96. The van der Waals surface area contributed by atoms with Gasteiger partial charge in [0.05, 0.1) is 0 Å². The molecule has 0 radical (unpaired) electrons. The largest absolute Gasteiger partial charge is 0.306 e. The molecule has 0 unspecified atom stereocenters. The molecule has 0 N–H and O–H groups in total. The summed E-state index contributed by atoms with van der Waals surface area (Å²) in [5, 5.41) is 0. The maximum Gasteiger partial charge on any atom is 0.258 e. The summed E-state index contributed by atoms with van der Waals surface area (Å²) in [5.74, 6) is -0.169. The van der Waals surface area contributed by atoms with E-state index in [9.17, 15) is 9.59 Å². The van der Waals surface area contributed by atoms with E-state index in [4.69, 9.17) is 0 Å². The van der Waals surface area contributed by atoms with Crippen LogP contribution in [0.15, 0.2) is 84.9 Å². The molecular weight excluding hydrogens is 372 g/mol. The van der Waals surface area contributed by atoms with Crippen LogP contribution >= 0.6 is 0 Å². The Morgan fingerprint density at radius 2 is 0.833 bits per heavy atom. The molecule has 0 fully saturated rings. The lowest BCUT2D eigenvalue weighted by molar-refractivity contribution is 0.0968. The highest BCUT2D eigenvalue weighted by atomic mass is 16.2. The quantitative estimate of drug-likeness (QED) is 0.525. The van der Waals surface area contributed by atoms with Crippen LogP contribution in [0.2, 0.25) is 0 Å². The second kappa shape index (κ2) is 9.40. The highest BCUT2D eigenvalue weighted by molar-refractivity contribution is 6.09. The minimum atomic E-state index is -0.0843. The first-order valence-electron chi connectivity index (χ1n) is 10.3. The van der Waals surface area contributed by atoms with Gasteiger partial charge in [0.25, 0.3) is 11.8 Å². The Bertz CT molecular complexity index is 898. The van der Waals surface area contributed by atoms with Crippen molar-refractivity contribution in [3.63, 3.8) is 0 Å². The van der Waals surface area contributed by atoms with Crippen LogP contribution in [0.5, 0.6) is 0 Å². The Morgan fingerprint density at radius 1 is 0.533 bits per heavy atom. The number of para-hydroxylation sites is 2. The fourth-order valence-electron chi connectivity index (χ4n) is 3.51. The van der Waals surface area contributed by atoms with Gasteiger partial charge in [0, 0.05) is 34.6 Å². The summed E-state index contributed by atoms with van der Waals surface area (Å²) in [7, 11) is 0. The zero-order valence-corrected chi connectivity index (χ0v) is 17.9. The number of nitrogens with zero attached hydrogens (tertiary/aromatic N) is 2. The lowest BCUT2D eigenvalue weighted by Crippen LogP contribution is -2.38. The Kier molecular flexibility index (Phi) is 6.68. The first-order chi connectivity index (χ1) is 14.4. The highest BCUT2D eigenvalue weighted by Crippen LogP contribution is 2.22. The third-order valence-electron chi connectivity index (χ3n) is 4.92. The van der Waals surface area contributed by atoms with Crippen LogP contribution in [-0.2, 0) is 0 Å². The van der Waals surface area contributed by atoms with E-state index in [0.29, 0.717) is 11.1 Å². The van der Waals surface area contributed by atoms with Gasteiger partial charge in [-0.1, -0.05) is 36.4 Å². The summed E-state index contributed by atoms with van der Waals surface area (Å²) in [5.41, 5.74) is 2.82. The number of benzene rings is 3. The molecule has 0 aliphatic rings. The van der Waals surface area contributed by atoms with Crippen molar-refractivity contribution < 1.29 is 9.59 Å². The van der Waals surface area contributed by atoms with Crippen molar-refractivity contribution in [1.29, 1.82) is 0 Å². The van der Waals surface area contributed by atoms with Gasteiger partial charge in [-0.15, -0.1) is 0 Å². The van der Waals surface area contributed by atoms with Crippen LogP contribution in [0.1, 0.15) is 48.4 Å². The van der Waals surface area contributed by atoms with Crippen molar-refractivity contribution >= 4 is 23.2 Å². The van der Waals surface area contributed by atoms with Crippen molar-refractivity contribution in [1.82, 2.24) is 0 Å². The van der Waals surface area contributed by atoms with Crippen molar-refractivity contribution in [2.45, 2.75) is 39.8 Å². The van der Waals surface area contributed by atoms with Gasteiger partial charge in [-0.2, -0.15) is 0 Å². The van der Waals surface area contributed by atoms with E-state index in [0.717, 1.165) is 11.4 Å². The average molecular weight is 401 g/mol. The molecule has 3 aromatic carbocycles. The second-order valence-corrected chi connectivity index (χ2v) is 7.79. The minimum Gasteiger partial charge on any atom is -0.306 e. The molecule has 3 rings (SSSR count). The van der Waals surface area contributed by atoms with Crippen molar-refractivity contribution in [2.75, 3.05) is 9.80 Å². The predicted octanol–water partition coefficient (Wildman–Crippen LogP) is 5.80. The predicted molar refractivity (Wildman–Crippen MR) is 123 cm³/mol. The first-order valence-corrected chi connectivity index (χ1v) is 10.3. The molecule has 4 nitrogen and oxygen atoms in total. The minimum absolute atomic E-state index is 0.00993. The lowest BCUT2D eigenvalue weighted by Gasteiger charge is -2.28. The highest BCUT2D eigenvalue weighted by Gasteiger charge is 2.23. The van der Waals surface area contributed by atoms with E-state index < -0.39 is 0 Å². The fourth-order valence-corrected chi connectivity index (χ4v) is 3.51. The standard InChI is InChI=1S/C26H28N2O2/c1-19(2)27(23-11-7-5-8-12-23)25(29)21-15-17-22(18-16-21)26(30)28(20(3)4)24-13-9-6-10-14-24/h5-20H,1-4H3. The Labute approximate surface area is 178 Å². The van der Waals surface area contributed by atoms with Crippen LogP contribution in [0.3, 0.4) is 0 Å². The number of hydrogen-bond acceptors (Lipinski definition) is 2. The van der Waals surface area contributed by atoms with Crippen LogP contribution in [0.25, 0.3) is 0 Å². The number of rotatable bonds is 6. The Morgan fingerprint density at radius 3 is 1.10 bits per heavy atom. The lowest BCUT2D eigenvalue weighted by atomic mass is 10.1. The van der Waals surface area contributed by atoms with Crippen LogP contribution in [0.4, 0.5) is 11.4 Å². The molecule has 154 valence electrons. The van der Waals surface area contributed by atoms with Gasteiger partial charge in [-0.05, 0) is 76.2 Å². The molecule has 3 aromatic rings. The molecule has 0 aliphatic heterocycles. The molecule has 0 spiro atoms. The van der Waals surface area contributed by atoms with Gasteiger partial charge in [0.15, 0.2) is 0 Å².